The van der Waals surface area contributed by atoms with Crippen molar-refractivity contribution in [2.75, 3.05) is 13.2 Å². The van der Waals surface area contributed by atoms with Gasteiger partial charge in [-0.15, -0.1) is 0 Å². The van der Waals surface area contributed by atoms with Gasteiger partial charge in [0.1, 0.15) is 13.2 Å². The predicted octanol–water partition coefficient (Wildman–Crippen LogP) is 22.2. The van der Waals surface area contributed by atoms with Crippen molar-refractivity contribution in [1.82, 2.24) is 0 Å². The van der Waals surface area contributed by atoms with E-state index in [1.807, 2.05) is 0 Å². The molecule has 0 aromatic carbocycles. The number of carbonyl (C=O) groups is 3. The van der Waals surface area contributed by atoms with Crippen molar-refractivity contribution in [2.45, 2.75) is 354 Å². The number of carbonyl (C=O) groups excluding carboxylic acids is 3. The van der Waals surface area contributed by atoms with Gasteiger partial charge < -0.3 is 14.2 Å². The van der Waals surface area contributed by atoms with Gasteiger partial charge in [-0.1, -0.05) is 294 Å². The van der Waals surface area contributed by atoms with Crippen LogP contribution in [0.25, 0.3) is 0 Å². The summed E-state index contributed by atoms with van der Waals surface area (Å²) in [4.78, 5) is 38.2. The maximum Gasteiger partial charge on any atom is 0.306 e. The normalized spacial score (nSPS) is 12.3. The summed E-state index contributed by atoms with van der Waals surface area (Å²) in [5.74, 6) is -0.859. The number of hydrogen-bond donors (Lipinski definition) is 0. The van der Waals surface area contributed by atoms with Gasteiger partial charge in [0.2, 0.25) is 0 Å². The van der Waals surface area contributed by atoms with Gasteiger partial charge in [0.25, 0.3) is 0 Å². The van der Waals surface area contributed by atoms with Crippen LogP contribution in [0.4, 0.5) is 0 Å². The van der Waals surface area contributed by atoms with Crippen molar-refractivity contribution in [2.24, 2.45) is 0 Å². The molecule has 0 spiro atoms. The number of rotatable bonds is 60. The summed E-state index contributed by atoms with van der Waals surface area (Å²) >= 11 is 0. The van der Waals surface area contributed by atoms with Crippen LogP contribution in [-0.4, -0.2) is 37.2 Å². The molecular weight excluding hydrogens is 913 g/mol. The van der Waals surface area contributed by atoms with E-state index >= 15 is 0 Å². The van der Waals surface area contributed by atoms with Crippen LogP contribution in [0.15, 0.2) is 48.6 Å². The van der Waals surface area contributed by atoms with Crippen molar-refractivity contribution in [3.8, 4) is 0 Å². The molecule has 74 heavy (non-hydrogen) atoms. The summed E-state index contributed by atoms with van der Waals surface area (Å²) in [7, 11) is 0. The Hall–Kier alpha value is -2.63. The molecule has 0 aromatic heterocycles. The van der Waals surface area contributed by atoms with Gasteiger partial charge in [-0.2, -0.15) is 0 Å². The quantitative estimate of drug-likeness (QED) is 0.0261. The summed E-state index contributed by atoms with van der Waals surface area (Å²) in [5.41, 5.74) is 0. The molecule has 0 amide bonds. The standard InChI is InChI=1S/C68H124O6/c1-4-7-10-13-16-19-21-23-25-27-29-31-33-34-36-37-39-41-43-45-47-49-52-55-58-61-67(70)73-64-65(63-72-66(69)60-57-54-51-18-15-12-9-6-3)74-68(71)62-59-56-53-50-48-46-44-42-40-38-35-32-30-28-26-24-22-20-17-14-11-8-5-2/h21-24,27-30,65H,4-20,25-26,31-64H2,1-3H3/b23-21-,24-22-,29-27-,30-28-. The number of allylic oxidation sites excluding steroid dienone is 8. The van der Waals surface area contributed by atoms with Gasteiger partial charge in [0.05, 0.1) is 0 Å². The molecule has 1 atom stereocenters. The molecule has 0 bridgehead atoms. The Bertz CT molecular complexity index is 1280. The van der Waals surface area contributed by atoms with Crippen molar-refractivity contribution >= 4 is 17.9 Å². The first-order valence-corrected chi connectivity index (χ1v) is 32.6. The van der Waals surface area contributed by atoms with Gasteiger partial charge in [0.15, 0.2) is 6.10 Å². The zero-order chi connectivity index (χ0) is 53.6. The van der Waals surface area contributed by atoms with E-state index in [4.69, 9.17) is 14.2 Å². The van der Waals surface area contributed by atoms with E-state index in [9.17, 15) is 14.4 Å². The van der Waals surface area contributed by atoms with Gasteiger partial charge in [-0.3, -0.25) is 14.4 Å². The second-order valence-corrected chi connectivity index (χ2v) is 22.0. The molecule has 6 nitrogen and oxygen atoms in total. The van der Waals surface area contributed by atoms with Crippen molar-refractivity contribution in [3.05, 3.63) is 48.6 Å². The average molecular weight is 1040 g/mol. The molecule has 0 rings (SSSR count). The van der Waals surface area contributed by atoms with Gasteiger partial charge in [-0.25, -0.2) is 0 Å². The minimum atomic E-state index is -0.771. The lowest BCUT2D eigenvalue weighted by Gasteiger charge is -2.18. The minimum absolute atomic E-state index is 0.0707. The maximum atomic E-state index is 12.9. The van der Waals surface area contributed by atoms with E-state index in [0.29, 0.717) is 19.3 Å². The van der Waals surface area contributed by atoms with Crippen molar-refractivity contribution in [1.29, 1.82) is 0 Å². The summed E-state index contributed by atoms with van der Waals surface area (Å²) in [6, 6.07) is 0. The number of hydrogen-bond acceptors (Lipinski definition) is 6. The molecule has 0 aliphatic heterocycles. The van der Waals surface area contributed by atoms with E-state index in [1.54, 1.807) is 0 Å². The lowest BCUT2D eigenvalue weighted by Crippen LogP contribution is -2.30. The van der Waals surface area contributed by atoms with Crippen LogP contribution in [0, 0.1) is 0 Å². The predicted molar refractivity (Wildman–Crippen MR) is 321 cm³/mol. The van der Waals surface area contributed by atoms with Gasteiger partial charge in [0, 0.05) is 19.3 Å². The summed E-state index contributed by atoms with van der Waals surface area (Å²) in [6.45, 7) is 6.64. The molecule has 6 heteroatoms. The zero-order valence-electron chi connectivity index (χ0n) is 49.6. The number of unbranched alkanes of at least 4 members (excludes halogenated alkanes) is 41. The van der Waals surface area contributed by atoms with Crippen LogP contribution >= 0.6 is 0 Å². The zero-order valence-corrected chi connectivity index (χ0v) is 49.6. The third-order valence-corrected chi connectivity index (χ3v) is 14.6. The molecule has 0 heterocycles. The topological polar surface area (TPSA) is 78.9 Å². The fourth-order valence-corrected chi connectivity index (χ4v) is 9.62. The Morgan fingerprint density at radius 1 is 0.270 bits per heavy atom. The number of ether oxygens (including phenoxy) is 3. The fraction of sp³-hybridized carbons (Fsp3) is 0.838. The van der Waals surface area contributed by atoms with E-state index in [1.165, 1.54) is 238 Å². The van der Waals surface area contributed by atoms with E-state index in [2.05, 4.69) is 69.4 Å². The third kappa shape index (κ3) is 60.2. The Kier molecular flexibility index (Phi) is 60.7. The minimum Gasteiger partial charge on any atom is -0.462 e. The molecule has 432 valence electrons. The Morgan fingerprint density at radius 3 is 0.743 bits per heavy atom. The van der Waals surface area contributed by atoms with E-state index < -0.39 is 6.10 Å². The van der Waals surface area contributed by atoms with Gasteiger partial charge in [-0.05, 0) is 83.5 Å². The average Bonchev–Trinajstić information content (AvgIpc) is 3.40. The first-order valence-electron chi connectivity index (χ1n) is 32.6. The Morgan fingerprint density at radius 2 is 0.486 bits per heavy atom. The summed E-state index contributed by atoms with van der Waals surface area (Å²) in [6.07, 6.45) is 78.5. The maximum absolute atomic E-state index is 12.9. The molecule has 0 fully saturated rings. The highest BCUT2D eigenvalue weighted by Crippen LogP contribution is 2.17. The van der Waals surface area contributed by atoms with Crippen LogP contribution in [0.5, 0.6) is 0 Å². The monoisotopic (exact) mass is 1040 g/mol. The second-order valence-electron chi connectivity index (χ2n) is 22.0. The van der Waals surface area contributed by atoms with Crippen LogP contribution in [-0.2, 0) is 28.6 Å². The lowest BCUT2D eigenvalue weighted by atomic mass is 10.0. The highest BCUT2D eigenvalue weighted by molar-refractivity contribution is 5.71. The molecule has 0 N–H and O–H groups in total. The van der Waals surface area contributed by atoms with E-state index in [-0.39, 0.29) is 31.1 Å². The second kappa shape index (κ2) is 62.9. The summed E-state index contributed by atoms with van der Waals surface area (Å²) < 4.78 is 16.9. The first kappa shape index (κ1) is 71.4. The molecule has 0 saturated carbocycles. The molecule has 0 radical (unpaired) electrons. The van der Waals surface area contributed by atoms with Gasteiger partial charge >= 0.3 is 17.9 Å². The molecular formula is C68H124O6. The first-order chi connectivity index (χ1) is 36.5. The van der Waals surface area contributed by atoms with E-state index in [0.717, 1.165) is 70.6 Å². The SMILES string of the molecule is CCCCCCC/C=C\C/C=C\CCCCCCCCCCCCCCCC(=O)OCC(COC(=O)CCCCCCCCCC)OC(=O)CCCCCCCCCCCCC/C=C\C/C=C\CCCCCCC. The van der Waals surface area contributed by atoms with Crippen LogP contribution < -0.4 is 0 Å². The third-order valence-electron chi connectivity index (χ3n) is 14.6. The van der Waals surface area contributed by atoms with Crippen LogP contribution in [0.2, 0.25) is 0 Å². The summed E-state index contributed by atoms with van der Waals surface area (Å²) in [5, 5.41) is 0. The lowest BCUT2D eigenvalue weighted by molar-refractivity contribution is -0.167. The van der Waals surface area contributed by atoms with Crippen molar-refractivity contribution in [3.63, 3.8) is 0 Å². The molecule has 0 aliphatic carbocycles. The Labute approximate surface area is 460 Å². The molecule has 1 unspecified atom stereocenters. The highest BCUT2D eigenvalue weighted by atomic mass is 16.6. The molecule has 0 saturated heterocycles. The molecule has 0 aromatic rings. The van der Waals surface area contributed by atoms with Crippen LogP contribution in [0.1, 0.15) is 348 Å². The Balaban J connectivity index is 4.14. The van der Waals surface area contributed by atoms with Crippen molar-refractivity contribution < 1.29 is 28.6 Å². The smallest absolute Gasteiger partial charge is 0.306 e. The van der Waals surface area contributed by atoms with Crippen LogP contribution in [0.3, 0.4) is 0 Å². The highest BCUT2D eigenvalue weighted by Gasteiger charge is 2.19. The fourth-order valence-electron chi connectivity index (χ4n) is 9.62. The molecule has 0 aliphatic rings. The largest absolute Gasteiger partial charge is 0.462 e. The number of esters is 3.